The van der Waals surface area contributed by atoms with Crippen molar-refractivity contribution in [2.45, 2.75) is 71.4 Å². The Kier molecular flexibility index (Phi) is 4.34. The number of ether oxygens (including phenoxy) is 1. The molecule has 1 fully saturated rings. The molecule has 3 rings (SSSR count). The highest BCUT2D eigenvalue weighted by molar-refractivity contribution is 5.90. The van der Waals surface area contributed by atoms with Gasteiger partial charge in [-0.15, -0.1) is 0 Å². The summed E-state index contributed by atoms with van der Waals surface area (Å²) in [4.78, 5) is 12.5. The van der Waals surface area contributed by atoms with E-state index in [0.717, 1.165) is 11.9 Å². The quantitative estimate of drug-likeness (QED) is 0.497. The van der Waals surface area contributed by atoms with Gasteiger partial charge in [-0.1, -0.05) is 20.8 Å². The van der Waals surface area contributed by atoms with Gasteiger partial charge in [-0.05, 0) is 25.8 Å². The van der Waals surface area contributed by atoms with E-state index < -0.39 is 53.0 Å². The van der Waals surface area contributed by atoms with Crippen molar-refractivity contribution in [1.29, 1.82) is 0 Å². The van der Waals surface area contributed by atoms with Crippen molar-refractivity contribution in [1.82, 2.24) is 10.0 Å². The minimum Gasteiger partial charge on any atom is -0.461 e. The molecule has 0 spiro atoms. The fourth-order valence-corrected chi connectivity index (χ4v) is 4.85. The number of alkyl halides is 6. The normalized spacial score (nSPS) is 29.2. The summed E-state index contributed by atoms with van der Waals surface area (Å²) in [5.74, 6) is -1.39. The number of halogens is 6. The van der Waals surface area contributed by atoms with E-state index in [1.165, 1.54) is 6.92 Å². The van der Waals surface area contributed by atoms with Crippen molar-refractivity contribution in [2.75, 3.05) is 6.61 Å². The molecule has 0 saturated carbocycles. The first-order valence-electron chi connectivity index (χ1n) is 9.01. The number of hydrazine groups is 1. The molecule has 158 valence electrons. The molecule has 3 aliphatic heterocycles. The van der Waals surface area contributed by atoms with Crippen LogP contribution in [0.25, 0.3) is 0 Å². The molecule has 1 saturated heterocycles. The minimum absolute atomic E-state index is 0.207. The number of hydrogen-bond acceptors (Lipinski definition) is 4. The average Bonchev–Trinajstić information content (AvgIpc) is 3.09. The third-order valence-corrected chi connectivity index (χ3v) is 6.00. The molecule has 4 nitrogen and oxygen atoms in total. The molecule has 0 unspecified atom stereocenters. The van der Waals surface area contributed by atoms with Crippen molar-refractivity contribution in [2.24, 2.45) is 5.41 Å². The summed E-state index contributed by atoms with van der Waals surface area (Å²) in [6.45, 7) is 6.83. The SMILES string of the molecule is CCOC(=O)C1=C(C(F)(F)F)[C@H]2N3C(=C(CC)C2(C)C)C[C@@](C)(C(F)(F)F)N13. The number of hydrogen-bond donors (Lipinski definition) is 0. The lowest BCUT2D eigenvalue weighted by molar-refractivity contribution is -0.233. The van der Waals surface area contributed by atoms with Gasteiger partial charge in [-0.2, -0.15) is 26.3 Å². The van der Waals surface area contributed by atoms with Crippen LogP contribution in [0, 0.1) is 5.41 Å². The zero-order valence-corrected chi connectivity index (χ0v) is 16.2. The molecule has 0 aromatic rings. The highest BCUT2D eigenvalue weighted by Gasteiger charge is 2.73. The second-order valence-electron chi connectivity index (χ2n) is 7.99. The van der Waals surface area contributed by atoms with Crippen LogP contribution in [0.2, 0.25) is 0 Å². The molecule has 0 N–H and O–H groups in total. The van der Waals surface area contributed by atoms with Crippen LogP contribution in [0.4, 0.5) is 26.3 Å². The summed E-state index contributed by atoms with van der Waals surface area (Å²) in [5, 5.41) is 1.54. The second-order valence-corrected chi connectivity index (χ2v) is 7.99. The predicted molar refractivity (Wildman–Crippen MR) is 87.4 cm³/mol. The first kappa shape index (κ1) is 20.9. The molecule has 28 heavy (non-hydrogen) atoms. The summed E-state index contributed by atoms with van der Waals surface area (Å²) in [6, 6.07) is -1.44. The van der Waals surface area contributed by atoms with Gasteiger partial charge >= 0.3 is 18.3 Å². The van der Waals surface area contributed by atoms with Gasteiger partial charge in [0.15, 0.2) is 11.2 Å². The van der Waals surface area contributed by atoms with E-state index in [-0.39, 0.29) is 12.3 Å². The maximum atomic E-state index is 14.1. The Morgan fingerprint density at radius 2 is 1.71 bits per heavy atom. The van der Waals surface area contributed by atoms with E-state index in [1.807, 2.05) is 0 Å². The standard InChI is InChI=1S/C18H22F6N2O2/c1-6-9-10-8-16(5,18(22,23)24)26-12(14(27)28-7-2)11(17(19,20)21)13(25(10)26)15(9,3)4/h13H,6-8H2,1-5H3/t13-,16+/m1/s1. The highest BCUT2D eigenvalue weighted by atomic mass is 19.4. The van der Waals surface area contributed by atoms with Gasteiger partial charge in [0.25, 0.3) is 0 Å². The van der Waals surface area contributed by atoms with Crippen molar-refractivity contribution in [3.8, 4) is 0 Å². The molecule has 0 aliphatic carbocycles. The highest BCUT2D eigenvalue weighted by Crippen LogP contribution is 2.64. The molecule has 10 heteroatoms. The number of esters is 1. The van der Waals surface area contributed by atoms with Crippen LogP contribution in [0.15, 0.2) is 22.5 Å². The van der Waals surface area contributed by atoms with E-state index in [9.17, 15) is 31.1 Å². The zero-order valence-electron chi connectivity index (χ0n) is 16.2. The first-order chi connectivity index (χ1) is 12.6. The Bertz CT molecular complexity index is 780. The van der Waals surface area contributed by atoms with Crippen molar-refractivity contribution >= 4 is 5.97 Å². The first-order valence-corrected chi connectivity index (χ1v) is 9.01. The van der Waals surface area contributed by atoms with Gasteiger partial charge in [0.05, 0.1) is 18.2 Å². The van der Waals surface area contributed by atoms with Crippen molar-refractivity contribution in [3.05, 3.63) is 22.5 Å². The smallest absolute Gasteiger partial charge is 0.417 e. The van der Waals surface area contributed by atoms with Crippen molar-refractivity contribution < 1.29 is 35.9 Å². The fraction of sp³-hybridized carbons (Fsp3) is 0.722. The predicted octanol–water partition coefficient (Wildman–Crippen LogP) is 4.70. The monoisotopic (exact) mass is 412 g/mol. The lowest BCUT2D eigenvalue weighted by Gasteiger charge is -2.41. The molecule has 3 aliphatic rings. The maximum Gasteiger partial charge on any atom is 0.417 e. The third kappa shape index (κ3) is 2.41. The number of carbonyl (C=O) groups excluding carboxylic acids is 1. The second kappa shape index (κ2) is 5.82. The largest absolute Gasteiger partial charge is 0.461 e. The topological polar surface area (TPSA) is 32.8 Å². The van der Waals surface area contributed by atoms with E-state index in [0.29, 0.717) is 17.0 Å². The Balaban J connectivity index is 2.37. The molecule has 0 aromatic heterocycles. The molecular weight excluding hydrogens is 390 g/mol. The molecule has 0 radical (unpaired) electrons. The average molecular weight is 412 g/mol. The molecular formula is C18H22F6N2O2. The van der Waals surface area contributed by atoms with Crippen LogP contribution in [-0.4, -0.2) is 46.5 Å². The summed E-state index contributed by atoms with van der Waals surface area (Å²) >= 11 is 0. The third-order valence-electron chi connectivity index (χ3n) is 6.00. The summed E-state index contributed by atoms with van der Waals surface area (Å²) in [5.41, 5.74) is -5.34. The summed E-state index contributed by atoms with van der Waals surface area (Å²) in [6.07, 6.45) is -10.1. The van der Waals surface area contributed by atoms with Gasteiger partial charge in [0.2, 0.25) is 0 Å². The Hall–Kier alpha value is -1.87. The van der Waals surface area contributed by atoms with Crippen LogP contribution in [-0.2, 0) is 9.53 Å². The fourth-order valence-electron chi connectivity index (χ4n) is 4.85. The molecule has 0 aromatic carbocycles. The van der Waals surface area contributed by atoms with Gasteiger partial charge < -0.3 is 4.74 Å². The van der Waals surface area contributed by atoms with E-state index in [1.54, 1.807) is 20.8 Å². The van der Waals surface area contributed by atoms with Crippen LogP contribution in [0.1, 0.15) is 47.5 Å². The maximum absolute atomic E-state index is 14.1. The van der Waals surface area contributed by atoms with Crippen LogP contribution in [0.5, 0.6) is 0 Å². The Morgan fingerprint density at radius 1 is 1.14 bits per heavy atom. The number of carbonyl (C=O) groups is 1. The Labute approximate surface area is 158 Å². The van der Waals surface area contributed by atoms with E-state index in [2.05, 4.69) is 0 Å². The lowest BCUT2D eigenvalue weighted by Crippen LogP contribution is -2.56. The van der Waals surface area contributed by atoms with Gasteiger partial charge in [0.1, 0.15) is 0 Å². The number of nitrogens with zero attached hydrogens (tertiary/aromatic N) is 2. The number of rotatable bonds is 3. The Morgan fingerprint density at radius 3 is 2.14 bits per heavy atom. The summed E-state index contributed by atoms with van der Waals surface area (Å²) in [7, 11) is 0. The molecule has 3 heterocycles. The molecule has 0 bridgehead atoms. The van der Waals surface area contributed by atoms with Crippen LogP contribution in [0.3, 0.4) is 0 Å². The zero-order chi connectivity index (χ0) is 21.4. The van der Waals surface area contributed by atoms with Crippen LogP contribution >= 0.6 is 0 Å². The lowest BCUT2D eigenvalue weighted by atomic mass is 9.75. The molecule has 0 amide bonds. The van der Waals surface area contributed by atoms with E-state index >= 15 is 0 Å². The van der Waals surface area contributed by atoms with Gasteiger partial charge in [-0.25, -0.2) is 4.79 Å². The van der Waals surface area contributed by atoms with Gasteiger partial charge in [-0.3, -0.25) is 10.0 Å². The van der Waals surface area contributed by atoms with E-state index in [4.69, 9.17) is 4.74 Å². The van der Waals surface area contributed by atoms with Crippen molar-refractivity contribution in [3.63, 3.8) is 0 Å². The summed E-state index contributed by atoms with van der Waals surface area (Å²) < 4.78 is 89.1. The minimum atomic E-state index is -4.99. The molecule has 2 atom stereocenters. The van der Waals surface area contributed by atoms with Gasteiger partial charge in [0, 0.05) is 17.5 Å². The van der Waals surface area contributed by atoms with Crippen LogP contribution < -0.4 is 0 Å².